The van der Waals surface area contributed by atoms with Crippen LogP contribution in [0.3, 0.4) is 0 Å². The molecule has 5 aliphatic carbocycles. The van der Waals surface area contributed by atoms with Crippen molar-refractivity contribution >= 4 is 0 Å². The first-order chi connectivity index (χ1) is 14.2. The Hall–Kier alpha value is -0.0400. The summed E-state index contributed by atoms with van der Waals surface area (Å²) >= 11 is 0. The van der Waals surface area contributed by atoms with Crippen LogP contribution in [-0.2, 0) is 0 Å². The van der Waals surface area contributed by atoms with Gasteiger partial charge in [0.15, 0.2) is 0 Å². The van der Waals surface area contributed by atoms with Crippen molar-refractivity contribution in [3.63, 3.8) is 0 Å². The maximum atomic E-state index is 10.7. The average Bonchev–Trinajstić information content (AvgIpc) is 2.69. The Morgan fingerprint density at radius 2 is 1.19 bits per heavy atom. The van der Waals surface area contributed by atoms with Crippen molar-refractivity contribution < 1.29 is 5.11 Å². The molecule has 0 aromatic rings. The third kappa shape index (κ3) is 2.77. The molecule has 0 aromatic heterocycles. The minimum Gasteiger partial charge on any atom is -0.393 e. The predicted octanol–water partition coefficient (Wildman–Crippen LogP) is 8.25. The van der Waals surface area contributed by atoms with Gasteiger partial charge in [-0.2, -0.15) is 0 Å². The summed E-state index contributed by atoms with van der Waals surface area (Å²) in [6.45, 7) is 20.9. The van der Waals surface area contributed by atoms with E-state index < -0.39 is 0 Å². The molecule has 5 rings (SSSR count). The minimum absolute atomic E-state index is 0.0781. The van der Waals surface area contributed by atoms with Crippen LogP contribution < -0.4 is 0 Å². The zero-order valence-corrected chi connectivity index (χ0v) is 22.1. The molecule has 0 saturated heterocycles. The molecule has 0 radical (unpaired) electrons. The van der Waals surface area contributed by atoms with Crippen LogP contribution in [-0.4, -0.2) is 11.2 Å². The first kappa shape index (κ1) is 22.7. The maximum Gasteiger partial charge on any atom is 0.0571 e. The zero-order chi connectivity index (χ0) is 22.7. The second-order valence-electron chi connectivity index (χ2n) is 15.5. The molecule has 178 valence electrons. The van der Waals surface area contributed by atoms with Crippen LogP contribution in [0.25, 0.3) is 0 Å². The standard InChI is InChI=1S/C30H52O/c1-20-21(31)9-10-22-27(20,5)12-11-23-28(22,6)16-18-30(8)24-19-25(2,3)13-14-26(24,4)15-17-29(23,30)7/h20-24,31H,9-19H2,1-8H3/t20-,21-,22+,23+,24-,26+,27+,28-,29+,30-/m0/s1. The molecule has 31 heavy (non-hydrogen) atoms. The van der Waals surface area contributed by atoms with Gasteiger partial charge in [0.25, 0.3) is 0 Å². The lowest BCUT2D eigenvalue weighted by Gasteiger charge is -2.75. The highest BCUT2D eigenvalue weighted by Gasteiger charge is 2.70. The topological polar surface area (TPSA) is 20.2 Å². The number of fused-ring (bicyclic) bond motifs is 7. The molecule has 5 saturated carbocycles. The van der Waals surface area contributed by atoms with E-state index in [1.54, 1.807) is 0 Å². The van der Waals surface area contributed by atoms with Crippen LogP contribution in [0.15, 0.2) is 0 Å². The summed E-state index contributed by atoms with van der Waals surface area (Å²) in [7, 11) is 0. The lowest BCUT2D eigenvalue weighted by atomic mass is 9.30. The van der Waals surface area contributed by atoms with Crippen molar-refractivity contribution in [2.75, 3.05) is 0 Å². The predicted molar refractivity (Wildman–Crippen MR) is 131 cm³/mol. The van der Waals surface area contributed by atoms with Gasteiger partial charge < -0.3 is 5.11 Å². The highest BCUT2D eigenvalue weighted by Crippen LogP contribution is 2.78. The second kappa shape index (κ2) is 6.55. The second-order valence-corrected chi connectivity index (χ2v) is 15.5. The van der Waals surface area contributed by atoms with Crippen molar-refractivity contribution in [1.29, 1.82) is 0 Å². The first-order valence-corrected chi connectivity index (χ1v) is 13.9. The van der Waals surface area contributed by atoms with Crippen molar-refractivity contribution in [3.05, 3.63) is 0 Å². The molecule has 5 fully saturated rings. The molecule has 0 unspecified atom stereocenters. The Morgan fingerprint density at radius 3 is 1.90 bits per heavy atom. The van der Waals surface area contributed by atoms with Gasteiger partial charge >= 0.3 is 0 Å². The summed E-state index contributed by atoms with van der Waals surface area (Å²) in [5.41, 5.74) is 2.88. The number of hydrogen-bond acceptors (Lipinski definition) is 1. The van der Waals surface area contributed by atoms with Crippen LogP contribution in [0.5, 0.6) is 0 Å². The van der Waals surface area contributed by atoms with E-state index in [0.29, 0.717) is 38.4 Å². The van der Waals surface area contributed by atoms with E-state index in [0.717, 1.165) is 24.2 Å². The smallest absolute Gasteiger partial charge is 0.0571 e. The molecular formula is C30H52O. The first-order valence-electron chi connectivity index (χ1n) is 13.9. The fourth-order valence-electron chi connectivity index (χ4n) is 11.4. The van der Waals surface area contributed by atoms with E-state index in [1.807, 2.05) is 0 Å². The average molecular weight is 429 g/mol. The lowest BCUT2D eigenvalue weighted by molar-refractivity contribution is -0.263. The van der Waals surface area contributed by atoms with Crippen LogP contribution in [0.4, 0.5) is 0 Å². The summed E-state index contributed by atoms with van der Waals surface area (Å²) in [5, 5.41) is 10.7. The normalized spacial score (nSPS) is 60.9. The highest BCUT2D eigenvalue weighted by molar-refractivity contribution is 5.19. The fraction of sp³-hybridized carbons (Fsp3) is 1.00. The summed E-state index contributed by atoms with van der Waals surface area (Å²) in [4.78, 5) is 0. The molecular weight excluding hydrogens is 376 g/mol. The van der Waals surface area contributed by atoms with Gasteiger partial charge in [-0.05, 0) is 127 Å². The summed E-state index contributed by atoms with van der Waals surface area (Å²) in [6, 6.07) is 0. The SMILES string of the molecule is C[C@H]1[C@@H](O)CC[C@H]2[C@]3(C)CC[C@@]4(C)[C@H]5CC(C)(C)CC[C@]5(C)CC[C@]4(C)[C@@H]3CC[C@@]21C. The van der Waals surface area contributed by atoms with Crippen molar-refractivity contribution in [2.45, 2.75) is 132 Å². The van der Waals surface area contributed by atoms with Crippen molar-refractivity contribution in [1.82, 2.24) is 0 Å². The summed E-state index contributed by atoms with van der Waals surface area (Å²) in [6.07, 6.45) is 15.1. The van der Waals surface area contributed by atoms with Gasteiger partial charge in [0.2, 0.25) is 0 Å². The fourth-order valence-corrected chi connectivity index (χ4v) is 11.4. The van der Waals surface area contributed by atoms with E-state index in [-0.39, 0.29) is 6.10 Å². The van der Waals surface area contributed by atoms with Crippen LogP contribution in [0.1, 0.15) is 126 Å². The minimum atomic E-state index is -0.0781. The largest absolute Gasteiger partial charge is 0.393 e. The molecule has 1 heteroatoms. The quantitative estimate of drug-likeness (QED) is 0.412. The number of hydrogen-bond donors (Lipinski definition) is 1. The van der Waals surface area contributed by atoms with E-state index in [2.05, 4.69) is 55.4 Å². The lowest BCUT2D eigenvalue weighted by Crippen LogP contribution is -2.67. The summed E-state index contributed by atoms with van der Waals surface area (Å²) < 4.78 is 0. The van der Waals surface area contributed by atoms with Crippen LogP contribution >= 0.6 is 0 Å². The Labute approximate surface area is 193 Å². The van der Waals surface area contributed by atoms with Gasteiger partial charge in [-0.25, -0.2) is 0 Å². The molecule has 0 aliphatic heterocycles. The number of rotatable bonds is 0. The molecule has 1 nitrogen and oxygen atoms in total. The molecule has 0 bridgehead atoms. The van der Waals surface area contributed by atoms with Gasteiger partial charge in [0.05, 0.1) is 6.10 Å². The van der Waals surface area contributed by atoms with Gasteiger partial charge in [-0.3, -0.25) is 0 Å². The van der Waals surface area contributed by atoms with Crippen molar-refractivity contribution in [2.24, 2.45) is 56.2 Å². The van der Waals surface area contributed by atoms with E-state index in [4.69, 9.17) is 0 Å². The van der Waals surface area contributed by atoms with E-state index in [9.17, 15) is 5.11 Å². The molecule has 5 aliphatic rings. The molecule has 0 amide bonds. The third-order valence-corrected chi connectivity index (χ3v) is 13.9. The van der Waals surface area contributed by atoms with Gasteiger partial charge in [-0.1, -0.05) is 55.4 Å². The molecule has 0 spiro atoms. The summed E-state index contributed by atoms with van der Waals surface area (Å²) in [5.74, 6) is 3.02. The Balaban J connectivity index is 1.54. The van der Waals surface area contributed by atoms with Gasteiger partial charge in [0, 0.05) is 0 Å². The molecule has 0 aromatic carbocycles. The molecule has 10 atom stereocenters. The molecule has 1 N–H and O–H groups in total. The Bertz CT molecular complexity index is 741. The monoisotopic (exact) mass is 428 g/mol. The van der Waals surface area contributed by atoms with Crippen LogP contribution in [0.2, 0.25) is 0 Å². The Kier molecular flexibility index (Phi) is 4.80. The van der Waals surface area contributed by atoms with Gasteiger partial charge in [-0.15, -0.1) is 0 Å². The van der Waals surface area contributed by atoms with E-state index >= 15 is 0 Å². The number of aliphatic hydroxyl groups excluding tert-OH is 1. The molecule has 0 heterocycles. The van der Waals surface area contributed by atoms with E-state index in [1.165, 1.54) is 64.2 Å². The zero-order valence-electron chi connectivity index (χ0n) is 22.1. The van der Waals surface area contributed by atoms with Crippen LogP contribution in [0, 0.1) is 56.2 Å². The van der Waals surface area contributed by atoms with Crippen molar-refractivity contribution in [3.8, 4) is 0 Å². The number of aliphatic hydroxyl groups is 1. The maximum absolute atomic E-state index is 10.7. The highest BCUT2D eigenvalue weighted by atomic mass is 16.3. The Morgan fingerprint density at radius 1 is 0.581 bits per heavy atom. The van der Waals surface area contributed by atoms with Gasteiger partial charge in [0.1, 0.15) is 0 Å². The third-order valence-electron chi connectivity index (χ3n) is 13.9.